The van der Waals surface area contributed by atoms with Gasteiger partial charge in [-0.1, -0.05) is 29.8 Å². The van der Waals surface area contributed by atoms with Crippen LogP contribution >= 0.6 is 23.4 Å². The van der Waals surface area contributed by atoms with Crippen molar-refractivity contribution in [3.8, 4) is 0 Å². The highest BCUT2D eigenvalue weighted by Crippen LogP contribution is 2.22. The van der Waals surface area contributed by atoms with Crippen molar-refractivity contribution in [3.63, 3.8) is 0 Å². The smallest absolute Gasteiger partial charge is 0.358 e. The molecule has 0 atom stereocenters. The molecule has 0 fully saturated rings. The van der Waals surface area contributed by atoms with Gasteiger partial charge in [0.15, 0.2) is 5.02 Å². The maximum atomic E-state index is 10.6. The van der Waals surface area contributed by atoms with E-state index < -0.39 is 4.92 Å². The molecule has 1 aromatic heterocycles. The lowest BCUT2D eigenvalue weighted by Crippen LogP contribution is -2.01. The maximum absolute atomic E-state index is 10.6. The van der Waals surface area contributed by atoms with Crippen LogP contribution in [0, 0.1) is 10.1 Å². The number of benzene rings is 1. The second-order valence-corrected chi connectivity index (χ2v) is 5.06. The summed E-state index contributed by atoms with van der Waals surface area (Å²) in [6.45, 7) is 0.577. The molecule has 0 saturated heterocycles. The van der Waals surface area contributed by atoms with Gasteiger partial charge in [0.05, 0.1) is 17.8 Å². The Morgan fingerprint density at radius 1 is 1.39 bits per heavy atom. The lowest BCUT2D eigenvalue weighted by Gasteiger charge is -1.99. The van der Waals surface area contributed by atoms with E-state index in [1.165, 1.54) is 10.9 Å². The van der Waals surface area contributed by atoms with E-state index in [0.29, 0.717) is 6.54 Å². The van der Waals surface area contributed by atoms with Crippen LogP contribution in [0.3, 0.4) is 0 Å². The van der Waals surface area contributed by atoms with Crippen molar-refractivity contribution in [2.45, 2.75) is 11.4 Å². The minimum absolute atomic E-state index is 0.0738. The van der Waals surface area contributed by atoms with E-state index in [2.05, 4.69) is 5.10 Å². The molecule has 2 aromatic rings. The van der Waals surface area contributed by atoms with E-state index in [1.54, 1.807) is 11.8 Å². The molecule has 1 aromatic carbocycles. The lowest BCUT2D eigenvalue weighted by atomic mass is 10.4. The van der Waals surface area contributed by atoms with Crippen molar-refractivity contribution in [2.24, 2.45) is 0 Å². The largest absolute Gasteiger partial charge is 0.408 e. The first-order valence-electron chi connectivity index (χ1n) is 5.22. The van der Waals surface area contributed by atoms with Crippen molar-refractivity contribution in [1.82, 2.24) is 9.78 Å². The number of hydrogen-bond acceptors (Lipinski definition) is 4. The van der Waals surface area contributed by atoms with Crippen LogP contribution in [-0.2, 0) is 6.54 Å². The molecule has 0 saturated carbocycles. The molecule has 2 rings (SSSR count). The SMILES string of the molecule is O=[N+]([O-])c1nn(CCSc2ccccc2)cc1Cl. The minimum atomic E-state index is -0.580. The van der Waals surface area contributed by atoms with Crippen LogP contribution in [-0.4, -0.2) is 20.5 Å². The number of hydrogen-bond donors (Lipinski definition) is 0. The van der Waals surface area contributed by atoms with Gasteiger partial charge in [0.1, 0.15) is 0 Å². The summed E-state index contributed by atoms with van der Waals surface area (Å²) in [6.07, 6.45) is 1.48. The molecule has 7 heteroatoms. The van der Waals surface area contributed by atoms with Gasteiger partial charge in [-0.25, -0.2) is 0 Å². The Labute approximate surface area is 113 Å². The van der Waals surface area contributed by atoms with Gasteiger partial charge in [0, 0.05) is 10.6 Å². The number of halogens is 1. The molecule has 0 radical (unpaired) electrons. The lowest BCUT2D eigenvalue weighted by molar-refractivity contribution is -0.389. The Kier molecular flexibility index (Phi) is 4.22. The van der Waals surface area contributed by atoms with E-state index in [4.69, 9.17) is 11.6 Å². The number of nitro groups is 1. The Morgan fingerprint density at radius 2 is 2.11 bits per heavy atom. The zero-order valence-electron chi connectivity index (χ0n) is 9.32. The van der Waals surface area contributed by atoms with Gasteiger partial charge >= 0.3 is 5.82 Å². The second-order valence-electron chi connectivity index (χ2n) is 3.48. The molecular weight excluding hydrogens is 274 g/mol. The quantitative estimate of drug-likeness (QED) is 0.480. The Bertz CT molecular complexity index is 544. The van der Waals surface area contributed by atoms with Gasteiger partial charge in [0.2, 0.25) is 0 Å². The van der Waals surface area contributed by atoms with Crippen LogP contribution in [0.4, 0.5) is 5.82 Å². The summed E-state index contributed by atoms with van der Waals surface area (Å²) in [6, 6.07) is 9.93. The Balaban J connectivity index is 1.91. The molecule has 0 aliphatic heterocycles. The van der Waals surface area contributed by atoms with E-state index in [-0.39, 0.29) is 10.8 Å². The van der Waals surface area contributed by atoms with Crippen molar-refractivity contribution in [1.29, 1.82) is 0 Å². The molecule has 94 valence electrons. The third kappa shape index (κ3) is 3.24. The first-order chi connectivity index (χ1) is 8.66. The normalized spacial score (nSPS) is 10.5. The number of rotatable bonds is 5. The van der Waals surface area contributed by atoms with E-state index >= 15 is 0 Å². The van der Waals surface area contributed by atoms with Gasteiger partial charge in [-0.2, -0.15) is 4.68 Å². The fourth-order valence-corrected chi connectivity index (χ4v) is 2.48. The molecule has 0 unspecified atom stereocenters. The molecule has 0 aliphatic rings. The maximum Gasteiger partial charge on any atom is 0.408 e. The van der Waals surface area contributed by atoms with Crippen LogP contribution < -0.4 is 0 Å². The van der Waals surface area contributed by atoms with Crippen LogP contribution in [0.2, 0.25) is 5.02 Å². The number of aromatic nitrogens is 2. The highest BCUT2D eigenvalue weighted by Gasteiger charge is 2.18. The second kappa shape index (κ2) is 5.88. The van der Waals surface area contributed by atoms with Crippen molar-refractivity contribution in [3.05, 3.63) is 51.7 Å². The fourth-order valence-electron chi connectivity index (χ4n) is 1.40. The Morgan fingerprint density at radius 3 is 2.72 bits per heavy atom. The van der Waals surface area contributed by atoms with Crippen molar-refractivity contribution >= 4 is 29.2 Å². The molecule has 1 heterocycles. The van der Waals surface area contributed by atoms with Gasteiger partial charge in [-0.3, -0.25) is 0 Å². The fraction of sp³-hybridized carbons (Fsp3) is 0.182. The van der Waals surface area contributed by atoms with Gasteiger partial charge in [-0.15, -0.1) is 11.8 Å². The summed E-state index contributed by atoms with van der Waals surface area (Å²) in [5.41, 5.74) is 0. The van der Waals surface area contributed by atoms with Crippen LogP contribution in [0.5, 0.6) is 0 Å². The van der Waals surface area contributed by atoms with E-state index in [1.807, 2.05) is 30.3 Å². The summed E-state index contributed by atoms with van der Waals surface area (Å²) in [5.74, 6) is 0.487. The molecule has 5 nitrogen and oxygen atoms in total. The third-order valence-electron chi connectivity index (χ3n) is 2.20. The zero-order valence-corrected chi connectivity index (χ0v) is 10.9. The summed E-state index contributed by atoms with van der Waals surface area (Å²) in [7, 11) is 0. The third-order valence-corrected chi connectivity index (χ3v) is 3.46. The molecule has 0 aliphatic carbocycles. The van der Waals surface area contributed by atoms with Crippen molar-refractivity contribution < 1.29 is 4.92 Å². The van der Waals surface area contributed by atoms with E-state index in [9.17, 15) is 10.1 Å². The summed E-state index contributed by atoms with van der Waals surface area (Å²) in [5, 5.41) is 14.5. The first kappa shape index (κ1) is 12.9. The van der Waals surface area contributed by atoms with Gasteiger partial charge < -0.3 is 10.1 Å². The summed E-state index contributed by atoms with van der Waals surface area (Å²) < 4.78 is 1.50. The molecule has 0 spiro atoms. The molecule has 0 amide bonds. The van der Waals surface area contributed by atoms with E-state index in [0.717, 1.165) is 10.6 Å². The standard InChI is InChI=1S/C11H10ClN3O2S/c12-10-8-14(13-11(10)15(16)17)6-7-18-9-4-2-1-3-5-9/h1-5,8H,6-7H2. The predicted molar refractivity (Wildman–Crippen MR) is 71.1 cm³/mol. The molecule has 0 bridgehead atoms. The molecular formula is C11H10ClN3O2S. The predicted octanol–water partition coefficient (Wildman–Crippen LogP) is 3.24. The highest BCUT2D eigenvalue weighted by molar-refractivity contribution is 7.99. The zero-order chi connectivity index (χ0) is 13.0. The number of nitrogens with zero attached hydrogens (tertiary/aromatic N) is 3. The Hall–Kier alpha value is -1.53. The first-order valence-corrected chi connectivity index (χ1v) is 6.58. The van der Waals surface area contributed by atoms with Crippen LogP contribution in [0.25, 0.3) is 0 Å². The average Bonchev–Trinajstić information content (AvgIpc) is 2.72. The summed E-state index contributed by atoms with van der Waals surface area (Å²) >= 11 is 7.37. The van der Waals surface area contributed by atoms with Gasteiger partial charge in [-0.05, 0) is 17.1 Å². The van der Waals surface area contributed by atoms with Crippen LogP contribution in [0.1, 0.15) is 0 Å². The highest BCUT2D eigenvalue weighted by atomic mass is 35.5. The monoisotopic (exact) mass is 283 g/mol. The molecule has 18 heavy (non-hydrogen) atoms. The minimum Gasteiger partial charge on any atom is -0.358 e. The van der Waals surface area contributed by atoms with Crippen LogP contribution in [0.15, 0.2) is 41.4 Å². The number of aryl methyl sites for hydroxylation is 1. The van der Waals surface area contributed by atoms with Gasteiger partial charge in [0.25, 0.3) is 0 Å². The number of thioether (sulfide) groups is 1. The summed E-state index contributed by atoms with van der Waals surface area (Å²) in [4.78, 5) is 11.1. The topological polar surface area (TPSA) is 61.0 Å². The average molecular weight is 284 g/mol. The van der Waals surface area contributed by atoms with Crippen molar-refractivity contribution in [2.75, 3.05) is 5.75 Å². The molecule has 0 N–H and O–H groups in total.